The van der Waals surface area contributed by atoms with E-state index in [1.807, 2.05) is 18.2 Å². The normalized spacial score (nSPS) is 12.1. The van der Waals surface area contributed by atoms with E-state index < -0.39 is 11.7 Å². The maximum atomic E-state index is 13.3. The van der Waals surface area contributed by atoms with Gasteiger partial charge in [0.2, 0.25) is 0 Å². The van der Waals surface area contributed by atoms with Crippen molar-refractivity contribution in [3.63, 3.8) is 0 Å². The van der Waals surface area contributed by atoms with Crippen molar-refractivity contribution in [3.8, 4) is 22.6 Å². The van der Waals surface area contributed by atoms with Crippen molar-refractivity contribution in [3.05, 3.63) is 145 Å². The lowest BCUT2D eigenvalue weighted by Gasteiger charge is -2.13. The summed E-state index contributed by atoms with van der Waals surface area (Å²) in [4.78, 5) is 0. The molecule has 0 aliphatic heterocycles. The summed E-state index contributed by atoms with van der Waals surface area (Å²) in [6.45, 7) is 0.229. The molecule has 0 saturated carbocycles. The summed E-state index contributed by atoms with van der Waals surface area (Å²) in [6.07, 6.45) is -4.40. The summed E-state index contributed by atoms with van der Waals surface area (Å²) in [5, 5.41) is 4.62. The molecule has 0 unspecified atom stereocenters. The zero-order valence-electron chi connectivity index (χ0n) is 23.4. The zero-order chi connectivity index (χ0) is 29.8. The van der Waals surface area contributed by atoms with Crippen LogP contribution in [-0.2, 0) is 12.9 Å². The SMILES string of the molecule is FC(F)(F)c1cccc(-c2cccc(OCn3c4ccccc4c4c3ccc3c5ccccc5n(-c5ccccc5)c34)c2)c1. The fourth-order valence-electron chi connectivity index (χ4n) is 6.35. The molecule has 8 rings (SSSR count). The zero-order valence-corrected chi connectivity index (χ0v) is 23.4. The first kappa shape index (κ1) is 26.2. The van der Waals surface area contributed by atoms with Gasteiger partial charge in [0.05, 0.1) is 27.6 Å². The fourth-order valence-corrected chi connectivity index (χ4v) is 6.35. The number of alkyl halides is 3. The molecule has 0 atom stereocenters. The van der Waals surface area contributed by atoms with Crippen LogP contribution in [0.3, 0.4) is 0 Å². The number of ether oxygens (including phenoxy) is 1. The quantitative estimate of drug-likeness (QED) is 0.198. The minimum atomic E-state index is -4.40. The van der Waals surface area contributed by atoms with Crippen LogP contribution in [0.15, 0.2) is 140 Å². The van der Waals surface area contributed by atoms with Crippen molar-refractivity contribution in [1.29, 1.82) is 0 Å². The summed E-state index contributed by atoms with van der Waals surface area (Å²) in [6, 6.07) is 44.1. The molecule has 0 aliphatic carbocycles. The van der Waals surface area contributed by atoms with Gasteiger partial charge < -0.3 is 13.9 Å². The Labute approximate surface area is 251 Å². The van der Waals surface area contributed by atoms with E-state index in [-0.39, 0.29) is 6.73 Å². The fraction of sp³-hybridized carbons (Fsp3) is 0.0526. The molecule has 0 spiro atoms. The number of benzene rings is 6. The van der Waals surface area contributed by atoms with Crippen molar-refractivity contribution < 1.29 is 17.9 Å². The summed E-state index contributed by atoms with van der Waals surface area (Å²) in [5.74, 6) is 0.574. The van der Waals surface area contributed by atoms with Gasteiger partial charge in [-0.25, -0.2) is 0 Å². The van der Waals surface area contributed by atoms with Gasteiger partial charge in [-0.05, 0) is 65.7 Å². The highest BCUT2D eigenvalue weighted by Crippen LogP contribution is 2.41. The standard InChI is InChI=1S/C38H25F3N2O/c39-38(40,41)27-12-8-10-25(22-27)26-11-9-15-29(23-26)44-24-42-33-18-6-5-17-32(33)36-35(42)21-20-31-30-16-4-7-19-34(30)43(37(31)36)28-13-2-1-3-14-28/h1-23H,24H2. The highest BCUT2D eigenvalue weighted by Gasteiger charge is 2.30. The molecule has 3 nitrogen and oxygen atoms in total. The lowest BCUT2D eigenvalue weighted by atomic mass is 10.0. The van der Waals surface area contributed by atoms with Gasteiger partial charge >= 0.3 is 6.18 Å². The monoisotopic (exact) mass is 582 g/mol. The lowest BCUT2D eigenvalue weighted by molar-refractivity contribution is -0.137. The third-order valence-electron chi connectivity index (χ3n) is 8.30. The second-order valence-corrected chi connectivity index (χ2v) is 10.9. The van der Waals surface area contributed by atoms with Crippen molar-refractivity contribution in [2.45, 2.75) is 12.9 Å². The van der Waals surface area contributed by atoms with Crippen LogP contribution in [0.5, 0.6) is 5.75 Å². The van der Waals surface area contributed by atoms with Crippen LogP contribution in [0.1, 0.15) is 5.56 Å². The molecule has 0 N–H and O–H groups in total. The Bertz CT molecular complexity index is 2330. The number of hydrogen-bond acceptors (Lipinski definition) is 1. The second kappa shape index (κ2) is 10.1. The lowest BCUT2D eigenvalue weighted by Crippen LogP contribution is -2.05. The molecule has 44 heavy (non-hydrogen) atoms. The van der Waals surface area contributed by atoms with E-state index in [4.69, 9.17) is 4.74 Å². The average Bonchev–Trinajstić information content (AvgIpc) is 3.56. The maximum absolute atomic E-state index is 13.3. The van der Waals surface area contributed by atoms with Gasteiger partial charge in [0.25, 0.3) is 0 Å². The first-order valence-corrected chi connectivity index (χ1v) is 14.4. The molecular formula is C38H25F3N2O. The van der Waals surface area contributed by atoms with E-state index >= 15 is 0 Å². The molecular weight excluding hydrogens is 557 g/mol. The van der Waals surface area contributed by atoms with E-state index in [2.05, 4.69) is 88.0 Å². The highest BCUT2D eigenvalue weighted by molar-refractivity contribution is 6.25. The Kier molecular flexibility index (Phi) is 5.98. The van der Waals surface area contributed by atoms with Crippen molar-refractivity contribution in [2.24, 2.45) is 0 Å². The summed E-state index contributed by atoms with van der Waals surface area (Å²) >= 11 is 0. The number of halogens is 3. The molecule has 6 heteroatoms. The third kappa shape index (κ3) is 4.21. The second-order valence-electron chi connectivity index (χ2n) is 10.9. The number of para-hydroxylation sites is 3. The largest absolute Gasteiger partial charge is 0.473 e. The maximum Gasteiger partial charge on any atom is 0.416 e. The molecule has 6 aromatic carbocycles. The van der Waals surface area contributed by atoms with Crippen LogP contribution < -0.4 is 4.74 Å². The average molecular weight is 583 g/mol. The number of hydrogen-bond donors (Lipinski definition) is 0. The Balaban J connectivity index is 1.27. The summed E-state index contributed by atoms with van der Waals surface area (Å²) < 4.78 is 50.9. The number of fused-ring (bicyclic) bond motifs is 7. The molecule has 0 aliphatic rings. The topological polar surface area (TPSA) is 19.1 Å². The third-order valence-corrected chi connectivity index (χ3v) is 8.30. The van der Waals surface area contributed by atoms with Crippen LogP contribution in [-0.4, -0.2) is 9.13 Å². The first-order chi connectivity index (χ1) is 21.5. The predicted octanol–water partition coefficient (Wildman–Crippen LogP) is 10.6. The Morgan fingerprint density at radius 2 is 1.23 bits per heavy atom. The van der Waals surface area contributed by atoms with Crippen LogP contribution in [0.2, 0.25) is 0 Å². The van der Waals surface area contributed by atoms with Gasteiger partial charge in [0.1, 0.15) is 5.75 Å². The van der Waals surface area contributed by atoms with E-state index in [0.717, 1.165) is 44.6 Å². The highest BCUT2D eigenvalue weighted by atomic mass is 19.4. The Hall–Kier alpha value is -5.49. The minimum absolute atomic E-state index is 0.229. The van der Waals surface area contributed by atoms with Crippen molar-refractivity contribution in [1.82, 2.24) is 9.13 Å². The molecule has 0 saturated heterocycles. The van der Waals surface area contributed by atoms with E-state index in [9.17, 15) is 13.2 Å². The van der Waals surface area contributed by atoms with Gasteiger partial charge in [0.15, 0.2) is 6.73 Å². The van der Waals surface area contributed by atoms with Crippen LogP contribution in [0, 0.1) is 0 Å². The molecule has 2 aromatic heterocycles. The summed E-state index contributed by atoms with van der Waals surface area (Å²) in [5.41, 5.74) is 5.90. The van der Waals surface area contributed by atoms with Crippen molar-refractivity contribution >= 4 is 43.6 Å². The molecule has 0 fully saturated rings. The Morgan fingerprint density at radius 1 is 0.545 bits per heavy atom. The van der Waals surface area contributed by atoms with E-state index in [0.29, 0.717) is 16.9 Å². The minimum Gasteiger partial charge on any atom is -0.473 e. The molecule has 0 bridgehead atoms. The number of nitrogens with zero attached hydrogens (tertiary/aromatic N) is 2. The van der Waals surface area contributed by atoms with Crippen molar-refractivity contribution in [2.75, 3.05) is 0 Å². The summed E-state index contributed by atoms with van der Waals surface area (Å²) in [7, 11) is 0. The number of aromatic nitrogens is 2. The van der Waals surface area contributed by atoms with Gasteiger partial charge in [-0.15, -0.1) is 0 Å². The van der Waals surface area contributed by atoms with E-state index in [1.54, 1.807) is 24.3 Å². The van der Waals surface area contributed by atoms with Gasteiger partial charge in [-0.1, -0.05) is 84.9 Å². The van der Waals surface area contributed by atoms with Crippen LogP contribution in [0.25, 0.3) is 60.4 Å². The molecule has 8 aromatic rings. The first-order valence-electron chi connectivity index (χ1n) is 14.4. The van der Waals surface area contributed by atoms with Gasteiger partial charge in [-0.3, -0.25) is 0 Å². The molecule has 2 heterocycles. The predicted molar refractivity (Wildman–Crippen MR) is 171 cm³/mol. The van der Waals surface area contributed by atoms with Gasteiger partial charge in [-0.2, -0.15) is 13.2 Å². The molecule has 0 amide bonds. The molecule has 214 valence electrons. The van der Waals surface area contributed by atoms with E-state index in [1.165, 1.54) is 22.9 Å². The smallest absolute Gasteiger partial charge is 0.416 e. The Morgan fingerprint density at radius 3 is 2.02 bits per heavy atom. The van der Waals surface area contributed by atoms with Crippen LogP contribution >= 0.6 is 0 Å². The van der Waals surface area contributed by atoms with Crippen LogP contribution in [0.4, 0.5) is 13.2 Å². The number of rotatable bonds is 5. The molecule has 0 radical (unpaired) electrons. The van der Waals surface area contributed by atoms with Gasteiger partial charge in [0, 0.05) is 27.2 Å².